The van der Waals surface area contributed by atoms with E-state index in [9.17, 15) is 4.79 Å². The lowest BCUT2D eigenvalue weighted by molar-refractivity contribution is 0.112. The summed E-state index contributed by atoms with van der Waals surface area (Å²) >= 11 is 0. The fraction of sp³-hybridized carbons (Fsp3) is 0.682. The molecule has 1 heteroatoms. The van der Waals surface area contributed by atoms with Gasteiger partial charge in [-0.25, -0.2) is 0 Å². The fourth-order valence-electron chi connectivity index (χ4n) is 5.13. The predicted octanol–water partition coefficient (Wildman–Crippen LogP) is 6.38. The molecule has 0 saturated heterocycles. The lowest BCUT2D eigenvalue weighted by atomic mass is 9.68. The summed E-state index contributed by atoms with van der Waals surface area (Å²) in [5.74, 6) is 3.76. The molecular weight excluding hydrogens is 280 g/mol. The van der Waals surface area contributed by atoms with Gasteiger partial charge in [-0.1, -0.05) is 56.9 Å². The number of benzene rings is 1. The maximum atomic E-state index is 10.8. The highest BCUT2D eigenvalue weighted by Gasteiger charge is 2.30. The minimum absolute atomic E-state index is 0.725. The number of aldehydes is 1. The molecule has 1 nitrogen and oxygen atoms in total. The van der Waals surface area contributed by atoms with Crippen LogP contribution in [-0.4, -0.2) is 6.29 Å². The standard InChI is InChI=1S/C22H32O/c1-2-3-17-4-8-19(9-5-17)21-12-14-22(15-13-21)20-10-6-18(16-23)7-11-20/h6-7,10-11,16-17,19,21-22H,2-5,8-9,12-15H2,1H3. The van der Waals surface area contributed by atoms with Gasteiger partial charge in [0, 0.05) is 5.56 Å². The largest absolute Gasteiger partial charge is 0.298 e. The number of rotatable bonds is 5. The van der Waals surface area contributed by atoms with Gasteiger partial charge in [0.25, 0.3) is 0 Å². The van der Waals surface area contributed by atoms with Crippen LogP contribution in [-0.2, 0) is 0 Å². The molecule has 0 N–H and O–H groups in total. The first-order valence-corrected chi connectivity index (χ1v) is 9.85. The Hall–Kier alpha value is -1.11. The van der Waals surface area contributed by atoms with Crippen LogP contribution in [0.3, 0.4) is 0 Å². The highest BCUT2D eigenvalue weighted by Crippen LogP contribution is 2.44. The van der Waals surface area contributed by atoms with Gasteiger partial charge in [-0.3, -0.25) is 4.79 Å². The molecule has 0 atom stereocenters. The van der Waals surface area contributed by atoms with Crippen LogP contribution in [0.25, 0.3) is 0 Å². The topological polar surface area (TPSA) is 17.1 Å². The van der Waals surface area contributed by atoms with Gasteiger partial charge in [0.1, 0.15) is 6.29 Å². The molecule has 0 amide bonds. The first-order valence-electron chi connectivity index (χ1n) is 9.85. The smallest absolute Gasteiger partial charge is 0.150 e. The molecule has 0 aromatic heterocycles. The van der Waals surface area contributed by atoms with Gasteiger partial charge < -0.3 is 0 Å². The Labute approximate surface area is 141 Å². The summed E-state index contributed by atoms with van der Waals surface area (Å²) in [4.78, 5) is 10.8. The zero-order valence-electron chi connectivity index (χ0n) is 14.7. The van der Waals surface area contributed by atoms with Crippen LogP contribution in [0.5, 0.6) is 0 Å². The van der Waals surface area contributed by atoms with Crippen molar-refractivity contribution in [2.24, 2.45) is 17.8 Å². The molecular formula is C22H32O. The van der Waals surface area contributed by atoms with Crippen molar-refractivity contribution in [3.05, 3.63) is 35.4 Å². The van der Waals surface area contributed by atoms with Crippen molar-refractivity contribution in [3.8, 4) is 0 Å². The van der Waals surface area contributed by atoms with E-state index in [1.807, 2.05) is 12.1 Å². The van der Waals surface area contributed by atoms with E-state index in [1.165, 1.54) is 69.8 Å². The van der Waals surface area contributed by atoms with Crippen molar-refractivity contribution in [2.75, 3.05) is 0 Å². The van der Waals surface area contributed by atoms with E-state index in [0.29, 0.717) is 0 Å². The van der Waals surface area contributed by atoms with Crippen LogP contribution in [0, 0.1) is 17.8 Å². The molecule has 3 rings (SSSR count). The molecule has 0 bridgehead atoms. The summed E-state index contributed by atoms with van der Waals surface area (Å²) in [5, 5.41) is 0. The lowest BCUT2D eigenvalue weighted by Crippen LogP contribution is -2.25. The van der Waals surface area contributed by atoms with E-state index in [0.717, 1.165) is 35.5 Å². The Morgan fingerprint density at radius 3 is 1.96 bits per heavy atom. The van der Waals surface area contributed by atoms with E-state index in [2.05, 4.69) is 19.1 Å². The van der Waals surface area contributed by atoms with Crippen molar-refractivity contribution in [3.63, 3.8) is 0 Å². The first-order chi connectivity index (χ1) is 11.3. The molecule has 2 aliphatic carbocycles. The number of hydrogen-bond acceptors (Lipinski definition) is 1. The molecule has 1 aromatic rings. The highest BCUT2D eigenvalue weighted by molar-refractivity contribution is 5.74. The number of hydrogen-bond donors (Lipinski definition) is 0. The van der Waals surface area contributed by atoms with Gasteiger partial charge >= 0.3 is 0 Å². The SMILES string of the molecule is CCCC1CCC(C2CCC(c3ccc(C=O)cc3)CC2)CC1. The second-order valence-corrected chi connectivity index (χ2v) is 7.97. The molecule has 2 saturated carbocycles. The Bertz CT molecular complexity index is 473. The van der Waals surface area contributed by atoms with Crippen LogP contribution in [0.15, 0.2) is 24.3 Å². The van der Waals surface area contributed by atoms with Crippen molar-refractivity contribution in [1.82, 2.24) is 0 Å². The summed E-state index contributed by atoms with van der Waals surface area (Å²) in [6.07, 6.45) is 15.3. The molecule has 23 heavy (non-hydrogen) atoms. The summed E-state index contributed by atoms with van der Waals surface area (Å²) < 4.78 is 0. The van der Waals surface area contributed by atoms with E-state index >= 15 is 0 Å². The lowest BCUT2D eigenvalue weighted by Gasteiger charge is -2.38. The van der Waals surface area contributed by atoms with Gasteiger partial charge in [0.05, 0.1) is 0 Å². The molecule has 2 aliphatic rings. The Morgan fingerprint density at radius 2 is 1.43 bits per heavy atom. The third-order valence-corrected chi connectivity index (χ3v) is 6.57. The van der Waals surface area contributed by atoms with E-state index < -0.39 is 0 Å². The zero-order chi connectivity index (χ0) is 16.1. The monoisotopic (exact) mass is 312 g/mol. The molecule has 0 aliphatic heterocycles. The summed E-state index contributed by atoms with van der Waals surface area (Å²) in [6.45, 7) is 2.33. The maximum Gasteiger partial charge on any atom is 0.150 e. The number of carbonyl (C=O) groups excluding carboxylic acids is 1. The Balaban J connectivity index is 1.47. The van der Waals surface area contributed by atoms with Crippen LogP contribution in [0.1, 0.15) is 93.0 Å². The van der Waals surface area contributed by atoms with Crippen LogP contribution in [0.4, 0.5) is 0 Å². The third-order valence-electron chi connectivity index (χ3n) is 6.57. The Morgan fingerprint density at radius 1 is 0.870 bits per heavy atom. The van der Waals surface area contributed by atoms with Gasteiger partial charge in [-0.15, -0.1) is 0 Å². The normalized spacial score (nSPS) is 31.7. The van der Waals surface area contributed by atoms with Gasteiger partial charge in [0.15, 0.2) is 0 Å². The van der Waals surface area contributed by atoms with Crippen LogP contribution >= 0.6 is 0 Å². The number of carbonyl (C=O) groups is 1. The van der Waals surface area contributed by atoms with Gasteiger partial charge in [0.2, 0.25) is 0 Å². The zero-order valence-corrected chi connectivity index (χ0v) is 14.7. The minimum Gasteiger partial charge on any atom is -0.298 e. The molecule has 0 heterocycles. The fourth-order valence-corrected chi connectivity index (χ4v) is 5.13. The molecule has 1 aromatic carbocycles. The molecule has 126 valence electrons. The molecule has 2 fully saturated rings. The van der Waals surface area contributed by atoms with E-state index in [4.69, 9.17) is 0 Å². The third kappa shape index (κ3) is 4.25. The second-order valence-electron chi connectivity index (χ2n) is 7.97. The summed E-state index contributed by atoms with van der Waals surface area (Å²) in [6, 6.07) is 8.29. The molecule has 0 spiro atoms. The van der Waals surface area contributed by atoms with Crippen molar-refractivity contribution >= 4 is 6.29 Å². The molecule has 0 unspecified atom stereocenters. The van der Waals surface area contributed by atoms with E-state index in [-0.39, 0.29) is 0 Å². The Kier molecular flexibility index (Phi) is 5.91. The van der Waals surface area contributed by atoms with Crippen molar-refractivity contribution in [1.29, 1.82) is 0 Å². The second kappa shape index (κ2) is 8.13. The van der Waals surface area contributed by atoms with E-state index in [1.54, 1.807) is 0 Å². The predicted molar refractivity (Wildman–Crippen MR) is 96.9 cm³/mol. The van der Waals surface area contributed by atoms with Crippen molar-refractivity contribution < 1.29 is 4.79 Å². The minimum atomic E-state index is 0.725. The van der Waals surface area contributed by atoms with Crippen molar-refractivity contribution in [2.45, 2.75) is 77.0 Å². The maximum absolute atomic E-state index is 10.8. The van der Waals surface area contributed by atoms with Gasteiger partial charge in [-0.05, 0) is 67.8 Å². The van der Waals surface area contributed by atoms with Crippen LogP contribution < -0.4 is 0 Å². The average molecular weight is 312 g/mol. The summed E-state index contributed by atoms with van der Waals surface area (Å²) in [5.41, 5.74) is 2.24. The van der Waals surface area contributed by atoms with Gasteiger partial charge in [-0.2, -0.15) is 0 Å². The molecule has 0 radical (unpaired) electrons. The average Bonchev–Trinajstić information content (AvgIpc) is 2.63. The highest BCUT2D eigenvalue weighted by atomic mass is 16.1. The van der Waals surface area contributed by atoms with Crippen LogP contribution in [0.2, 0.25) is 0 Å². The summed E-state index contributed by atoms with van der Waals surface area (Å²) in [7, 11) is 0. The first kappa shape index (κ1) is 16.7. The quantitative estimate of drug-likeness (QED) is 0.576.